The topological polar surface area (TPSA) is 93.2 Å². The number of carbonyl (C=O) groups excluding carboxylic acids is 1. The number of rotatable bonds is 8. The molecule has 7 nitrogen and oxygen atoms in total. The molecule has 0 aliphatic heterocycles. The first kappa shape index (κ1) is 24.3. The average Bonchev–Trinajstić information content (AvgIpc) is 3.36. The SMILES string of the molecule is CC(C)Oc1ccc(-c2nc(-c3cccc4c3ccn4CCCC(=O)[O-])no2)cc1Cl.[Na+]. The van der Waals surface area contributed by atoms with Gasteiger partial charge in [-0.25, -0.2) is 0 Å². The molecule has 0 N–H and O–H groups in total. The van der Waals surface area contributed by atoms with Crippen LogP contribution >= 0.6 is 11.6 Å². The van der Waals surface area contributed by atoms with Crippen LogP contribution in [0.25, 0.3) is 33.7 Å². The van der Waals surface area contributed by atoms with E-state index in [1.807, 2.05) is 54.9 Å². The van der Waals surface area contributed by atoms with Gasteiger partial charge in [0.2, 0.25) is 5.82 Å². The largest absolute Gasteiger partial charge is 1.00 e. The van der Waals surface area contributed by atoms with Gasteiger partial charge in [-0.3, -0.25) is 0 Å². The van der Waals surface area contributed by atoms with E-state index in [2.05, 4.69) is 10.1 Å². The number of halogens is 1. The van der Waals surface area contributed by atoms with Gasteiger partial charge < -0.3 is 23.7 Å². The molecular weight excluding hydrogens is 441 g/mol. The molecule has 2 aromatic heterocycles. The molecule has 0 aliphatic carbocycles. The number of ether oxygens (including phenoxy) is 1. The summed E-state index contributed by atoms with van der Waals surface area (Å²) < 4.78 is 13.2. The zero-order valence-electron chi connectivity index (χ0n) is 18.2. The number of carboxylic acids is 1. The zero-order valence-corrected chi connectivity index (χ0v) is 20.9. The van der Waals surface area contributed by atoms with Crippen molar-refractivity contribution < 1.29 is 48.7 Å². The van der Waals surface area contributed by atoms with Crippen LogP contribution in [0.1, 0.15) is 26.7 Å². The summed E-state index contributed by atoms with van der Waals surface area (Å²) in [5.41, 5.74) is 2.50. The monoisotopic (exact) mass is 461 g/mol. The molecule has 4 aromatic rings. The molecule has 0 amide bonds. The van der Waals surface area contributed by atoms with Crippen LogP contribution < -0.4 is 39.4 Å². The van der Waals surface area contributed by atoms with Crippen molar-refractivity contribution in [1.82, 2.24) is 14.7 Å². The van der Waals surface area contributed by atoms with E-state index in [0.29, 0.717) is 41.0 Å². The van der Waals surface area contributed by atoms with Crippen molar-refractivity contribution in [2.75, 3.05) is 0 Å². The third kappa shape index (κ3) is 5.35. The maximum atomic E-state index is 10.7. The van der Waals surface area contributed by atoms with Crippen molar-refractivity contribution >= 4 is 28.5 Å². The third-order valence-corrected chi connectivity index (χ3v) is 5.10. The number of aliphatic carboxylic acids is 1. The van der Waals surface area contributed by atoms with Gasteiger partial charge >= 0.3 is 29.6 Å². The van der Waals surface area contributed by atoms with E-state index >= 15 is 0 Å². The maximum Gasteiger partial charge on any atom is 1.00 e. The summed E-state index contributed by atoms with van der Waals surface area (Å²) in [4.78, 5) is 15.2. The molecule has 0 fully saturated rings. The smallest absolute Gasteiger partial charge is 0.550 e. The molecule has 4 rings (SSSR count). The first-order chi connectivity index (χ1) is 14.9. The summed E-state index contributed by atoms with van der Waals surface area (Å²) in [5, 5.41) is 16.3. The first-order valence-electron chi connectivity index (χ1n) is 10.0. The minimum atomic E-state index is -1.04. The molecule has 0 radical (unpaired) electrons. The van der Waals surface area contributed by atoms with Gasteiger partial charge in [0.05, 0.1) is 11.1 Å². The van der Waals surface area contributed by atoms with E-state index < -0.39 is 5.97 Å². The molecule has 9 heteroatoms. The van der Waals surface area contributed by atoms with E-state index in [1.165, 1.54) is 0 Å². The molecule has 32 heavy (non-hydrogen) atoms. The Morgan fingerprint density at radius 2 is 2.06 bits per heavy atom. The molecule has 2 heterocycles. The Hall–Kier alpha value is -2.32. The molecule has 0 bridgehead atoms. The molecule has 2 aromatic carbocycles. The second-order valence-electron chi connectivity index (χ2n) is 7.46. The Morgan fingerprint density at radius 1 is 1.25 bits per heavy atom. The Morgan fingerprint density at radius 3 is 2.78 bits per heavy atom. The van der Waals surface area contributed by atoms with Crippen molar-refractivity contribution in [3.8, 4) is 28.6 Å². The van der Waals surface area contributed by atoms with Crippen LogP contribution in [0.3, 0.4) is 0 Å². The van der Waals surface area contributed by atoms with Crippen LogP contribution in [-0.2, 0) is 11.3 Å². The van der Waals surface area contributed by atoms with Crippen molar-refractivity contribution in [3.63, 3.8) is 0 Å². The van der Waals surface area contributed by atoms with E-state index in [0.717, 1.165) is 16.5 Å². The quantitative estimate of drug-likeness (QED) is 0.368. The second kappa shape index (κ2) is 10.5. The fourth-order valence-electron chi connectivity index (χ4n) is 3.44. The summed E-state index contributed by atoms with van der Waals surface area (Å²) >= 11 is 6.33. The van der Waals surface area contributed by atoms with Crippen LogP contribution in [0.4, 0.5) is 0 Å². The Kier molecular flexibility index (Phi) is 8.00. The van der Waals surface area contributed by atoms with Crippen LogP contribution in [0.5, 0.6) is 5.75 Å². The van der Waals surface area contributed by atoms with E-state index in [9.17, 15) is 9.90 Å². The standard InChI is InChI=1S/C23H22ClN3O4.Na/c1-14(2)30-20-9-8-15(13-18(20)24)23-25-22(26-31-23)17-5-3-6-19-16(17)10-12-27(19)11-4-7-21(28)29;/h3,5-6,8-10,12-14H,4,7,11H2,1-2H3,(H,28,29);/q;+1/p-1. The molecule has 0 unspecified atom stereocenters. The minimum absolute atomic E-state index is 0. The van der Waals surface area contributed by atoms with Crippen molar-refractivity contribution in [3.05, 3.63) is 53.7 Å². The van der Waals surface area contributed by atoms with E-state index in [1.54, 1.807) is 12.1 Å². The average molecular weight is 462 g/mol. The number of hydrogen-bond acceptors (Lipinski definition) is 6. The number of aryl methyl sites for hydroxylation is 1. The minimum Gasteiger partial charge on any atom is -0.550 e. The van der Waals surface area contributed by atoms with Gasteiger partial charge in [0.15, 0.2) is 0 Å². The summed E-state index contributed by atoms with van der Waals surface area (Å²) in [7, 11) is 0. The van der Waals surface area contributed by atoms with E-state index in [4.69, 9.17) is 20.9 Å². The van der Waals surface area contributed by atoms with Gasteiger partial charge in [0, 0.05) is 40.7 Å². The summed E-state index contributed by atoms with van der Waals surface area (Å²) in [5.74, 6) is 0.385. The van der Waals surface area contributed by atoms with Crippen LogP contribution in [0.2, 0.25) is 5.02 Å². The van der Waals surface area contributed by atoms with Crippen molar-refractivity contribution in [2.24, 2.45) is 0 Å². The molecule has 0 spiro atoms. The Labute approximate surface area is 212 Å². The number of carbonyl (C=O) groups is 1. The van der Waals surface area contributed by atoms with Gasteiger partial charge in [-0.2, -0.15) is 4.98 Å². The Bertz CT molecular complexity index is 1240. The molecule has 160 valence electrons. The van der Waals surface area contributed by atoms with Crippen molar-refractivity contribution in [2.45, 2.75) is 39.3 Å². The number of hydrogen-bond donors (Lipinski definition) is 0. The molecule has 0 saturated heterocycles. The number of aromatic nitrogens is 3. The maximum absolute atomic E-state index is 10.7. The molecule has 0 saturated carbocycles. The number of carboxylic acid groups (broad SMARTS) is 1. The molecular formula is C23H21ClN3NaO4. The van der Waals surface area contributed by atoms with Gasteiger partial charge in [0.25, 0.3) is 5.89 Å². The van der Waals surface area contributed by atoms with Gasteiger partial charge in [0.1, 0.15) is 5.75 Å². The number of benzene rings is 2. The van der Waals surface area contributed by atoms with Gasteiger partial charge in [-0.15, -0.1) is 0 Å². The summed E-state index contributed by atoms with van der Waals surface area (Å²) in [6.45, 7) is 4.46. The fraction of sp³-hybridized carbons (Fsp3) is 0.261. The molecule has 0 aliphatic rings. The number of fused-ring (bicyclic) bond motifs is 1. The summed E-state index contributed by atoms with van der Waals surface area (Å²) in [6, 6.07) is 13.1. The normalized spacial score (nSPS) is 11.0. The third-order valence-electron chi connectivity index (χ3n) is 4.80. The predicted octanol–water partition coefficient (Wildman–Crippen LogP) is 1.33. The number of nitrogens with zero attached hydrogens (tertiary/aromatic N) is 3. The van der Waals surface area contributed by atoms with Gasteiger partial charge in [-0.1, -0.05) is 28.9 Å². The van der Waals surface area contributed by atoms with Crippen LogP contribution in [-0.4, -0.2) is 26.8 Å². The van der Waals surface area contributed by atoms with Crippen LogP contribution in [0, 0.1) is 0 Å². The van der Waals surface area contributed by atoms with Gasteiger partial charge in [-0.05, 0) is 57.0 Å². The van der Waals surface area contributed by atoms with Crippen LogP contribution in [0.15, 0.2) is 53.2 Å². The first-order valence-corrected chi connectivity index (χ1v) is 10.4. The zero-order chi connectivity index (χ0) is 22.0. The van der Waals surface area contributed by atoms with Crippen molar-refractivity contribution in [1.29, 1.82) is 0 Å². The second-order valence-corrected chi connectivity index (χ2v) is 7.87. The Balaban J connectivity index is 0.00000289. The predicted molar refractivity (Wildman–Crippen MR) is 116 cm³/mol. The summed E-state index contributed by atoms with van der Waals surface area (Å²) in [6.07, 6.45) is 2.47. The molecule has 0 atom stereocenters. The fourth-order valence-corrected chi connectivity index (χ4v) is 3.67. The van der Waals surface area contributed by atoms with E-state index in [-0.39, 0.29) is 42.1 Å².